The lowest BCUT2D eigenvalue weighted by Gasteiger charge is -2.18. The van der Waals surface area contributed by atoms with Gasteiger partial charge in [0.25, 0.3) is 0 Å². The highest BCUT2D eigenvalue weighted by Crippen LogP contribution is 2.17. The zero-order chi connectivity index (χ0) is 20.7. The molecule has 1 amide bonds. The van der Waals surface area contributed by atoms with Crippen molar-refractivity contribution < 1.29 is 17.6 Å². The van der Waals surface area contributed by atoms with Gasteiger partial charge >= 0.3 is 0 Å². The molecule has 0 unspecified atom stereocenters. The topological polar surface area (TPSA) is 66.5 Å². The van der Waals surface area contributed by atoms with E-state index in [9.17, 15) is 17.6 Å². The Hall–Kier alpha value is -2.25. The van der Waals surface area contributed by atoms with Crippen molar-refractivity contribution in [2.75, 3.05) is 13.1 Å². The third-order valence-electron chi connectivity index (χ3n) is 4.65. The fourth-order valence-corrected chi connectivity index (χ4v) is 4.40. The Labute approximate surface area is 166 Å². The van der Waals surface area contributed by atoms with Crippen LogP contribution in [0.25, 0.3) is 0 Å². The standard InChI is InChI=1S/C21H27FN2O3S/c1-4-24(5-2)28(26,27)20-13-6-17(7-14-20)8-15-21(25)23-16(3)18-9-11-19(22)12-10-18/h6-7,9-14,16H,4-5,8,15H2,1-3H3,(H,23,25)/t16-/m0/s1. The van der Waals surface area contributed by atoms with Gasteiger partial charge in [0.15, 0.2) is 0 Å². The fourth-order valence-electron chi connectivity index (χ4n) is 2.95. The number of carbonyl (C=O) groups is 1. The van der Waals surface area contributed by atoms with Crippen LogP contribution in [0.1, 0.15) is 44.4 Å². The normalized spacial score (nSPS) is 12.8. The average Bonchev–Trinajstić information content (AvgIpc) is 2.68. The van der Waals surface area contributed by atoms with Crippen LogP contribution in [0.5, 0.6) is 0 Å². The number of aryl methyl sites for hydroxylation is 1. The summed E-state index contributed by atoms with van der Waals surface area (Å²) in [6, 6.07) is 12.5. The molecule has 152 valence electrons. The number of carbonyl (C=O) groups excluding carboxylic acids is 1. The molecule has 0 aromatic heterocycles. The van der Waals surface area contributed by atoms with Gasteiger partial charge < -0.3 is 5.32 Å². The van der Waals surface area contributed by atoms with Crippen LogP contribution in [-0.2, 0) is 21.2 Å². The fraction of sp³-hybridized carbons (Fsp3) is 0.381. The van der Waals surface area contributed by atoms with Crippen molar-refractivity contribution in [3.63, 3.8) is 0 Å². The minimum Gasteiger partial charge on any atom is -0.350 e. The molecule has 0 saturated heterocycles. The average molecular weight is 407 g/mol. The van der Waals surface area contributed by atoms with Gasteiger partial charge in [0, 0.05) is 19.5 Å². The van der Waals surface area contributed by atoms with Crippen molar-refractivity contribution in [2.45, 2.75) is 44.6 Å². The van der Waals surface area contributed by atoms with Gasteiger partial charge in [-0.3, -0.25) is 4.79 Å². The maximum absolute atomic E-state index is 13.0. The Morgan fingerprint density at radius 2 is 1.61 bits per heavy atom. The summed E-state index contributed by atoms with van der Waals surface area (Å²) >= 11 is 0. The first-order valence-corrected chi connectivity index (χ1v) is 10.9. The Morgan fingerprint density at radius 3 is 2.14 bits per heavy atom. The molecule has 0 fully saturated rings. The molecule has 0 radical (unpaired) electrons. The first kappa shape index (κ1) is 22.0. The molecule has 0 aliphatic rings. The van der Waals surface area contributed by atoms with Crippen molar-refractivity contribution in [1.29, 1.82) is 0 Å². The largest absolute Gasteiger partial charge is 0.350 e. The van der Waals surface area contributed by atoms with Crippen molar-refractivity contribution in [3.8, 4) is 0 Å². The molecule has 2 aromatic carbocycles. The maximum Gasteiger partial charge on any atom is 0.243 e. The highest BCUT2D eigenvalue weighted by atomic mass is 32.2. The predicted molar refractivity (Wildman–Crippen MR) is 108 cm³/mol. The van der Waals surface area contributed by atoms with Crippen LogP contribution < -0.4 is 5.32 Å². The van der Waals surface area contributed by atoms with E-state index in [-0.39, 0.29) is 29.1 Å². The quantitative estimate of drug-likeness (QED) is 0.691. The Bertz CT molecular complexity index is 877. The van der Waals surface area contributed by atoms with Crippen LogP contribution >= 0.6 is 0 Å². The molecular weight excluding hydrogens is 379 g/mol. The molecule has 1 atom stereocenters. The number of hydrogen-bond donors (Lipinski definition) is 1. The SMILES string of the molecule is CCN(CC)S(=O)(=O)c1ccc(CCC(=O)N[C@@H](C)c2ccc(F)cc2)cc1. The first-order chi connectivity index (χ1) is 13.3. The summed E-state index contributed by atoms with van der Waals surface area (Å²) in [6.45, 7) is 6.31. The number of amides is 1. The molecule has 0 aliphatic heterocycles. The summed E-state index contributed by atoms with van der Waals surface area (Å²) in [4.78, 5) is 12.4. The highest BCUT2D eigenvalue weighted by molar-refractivity contribution is 7.89. The van der Waals surface area contributed by atoms with Gasteiger partial charge in [0.1, 0.15) is 5.82 Å². The van der Waals surface area contributed by atoms with Crippen LogP contribution in [0.15, 0.2) is 53.4 Å². The zero-order valence-electron chi connectivity index (χ0n) is 16.5. The second-order valence-electron chi connectivity index (χ2n) is 6.57. The van der Waals surface area contributed by atoms with E-state index in [2.05, 4.69) is 5.32 Å². The van der Waals surface area contributed by atoms with Gasteiger partial charge in [-0.1, -0.05) is 38.1 Å². The highest BCUT2D eigenvalue weighted by Gasteiger charge is 2.21. The van der Waals surface area contributed by atoms with Crippen molar-refractivity contribution >= 4 is 15.9 Å². The summed E-state index contributed by atoms with van der Waals surface area (Å²) in [5.74, 6) is -0.426. The van der Waals surface area contributed by atoms with Gasteiger partial charge in [-0.05, 0) is 48.7 Å². The lowest BCUT2D eigenvalue weighted by atomic mass is 10.1. The molecule has 7 heteroatoms. The molecule has 28 heavy (non-hydrogen) atoms. The number of sulfonamides is 1. The van der Waals surface area contributed by atoms with E-state index < -0.39 is 10.0 Å². The molecule has 0 saturated carbocycles. The van der Waals surface area contributed by atoms with Crippen molar-refractivity contribution in [2.24, 2.45) is 0 Å². The molecule has 5 nitrogen and oxygen atoms in total. The van der Waals surface area contributed by atoms with E-state index in [1.807, 2.05) is 6.92 Å². The number of rotatable bonds is 9. The maximum atomic E-state index is 13.0. The Balaban J connectivity index is 1.92. The summed E-state index contributed by atoms with van der Waals surface area (Å²) in [6.07, 6.45) is 0.793. The summed E-state index contributed by atoms with van der Waals surface area (Å²) in [5.41, 5.74) is 1.73. The minimum absolute atomic E-state index is 0.114. The van der Waals surface area contributed by atoms with Crippen LogP contribution in [0, 0.1) is 5.82 Å². The van der Waals surface area contributed by atoms with Crippen molar-refractivity contribution in [1.82, 2.24) is 9.62 Å². The first-order valence-electron chi connectivity index (χ1n) is 9.41. The van der Waals surface area contributed by atoms with Gasteiger partial charge in [-0.2, -0.15) is 4.31 Å². The molecule has 2 aromatic rings. The third-order valence-corrected chi connectivity index (χ3v) is 6.72. The molecular formula is C21H27FN2O3S. The number of hydrogen-bond acceptors (Lipinski definition) is 3. The Morgan fingerprint density at radius 1 is 1.04 bits per heavy atom. The van der Waals surface area contributed by atoms with E-state index in [1.54, 1.807) is 50.2 Å². The summed E-state index contributed by atoms with van der Waals surface area (Å²) in [7, 11) is -3.47. The predicted octanol–water partition coefficient (Wildman–Crippen LogP) is 3.67. The van der Waals surface area contributed by atoms with Crippen LogP contribution in [0.3, 0.4) is 0 Å². The number of nitrogens with one attached hydrogen (secondary N) is 1. The lowest BCUT2D eigenvalue weighted by molar-refractivity contribution is -0.121. The second-order valence-corrected chi connectivity index (χ2v) is 8.51. The lowest BCUT2D eigenvalue weighted by Crippen LogP contribution is -2.30. The van der Waals surface area contributed by atoms with E-state index in [0.29, 0.717) is 19.5 Å². The van der Waals surface area contributed by atoms with Gasteiger partial charge in [-0.15, -0.1) is 0 Å². The third kappa shape index (κ3) is 5.62. The number of halogens is 1. The molecule has 1 N–H and O–H groups in total. The van der Waals surface area contributed by atoms with E-state index in [0.717, 1.165) is 11.1 Å². The van der Waals surface area contributed by atoms with Gasteiger partial charge in [0.05, 0.1) is 10.9 Å². The van der Waals surface area contributed by atoms with Crippen molar-refractivity contribution in [3.05, 3.63) is 65.5 Å². The molecule has 0 heterocycles. The van der Waals surface area contributed by atoms with Gasteiger partial charge in [0.2, 0.25) is 15.9 Å². The van der Waals surface area contributed by atoms with E-state index in [1.165, 1.54) is 16.4 Å². The number of benzene rings is 2. The van der Waals surface area contributed by atoms with Crippen LogP contribution in [0.2, 0.25) is 0 Å². The Kier molecular flexibility index (Phi) is 7.71. The van der Waals surface area contributed by atoms with Gasteiger partial charge in [-0.25, -0.2) is 12.8 Å². The second kappa shape index (κ2) is 9.80. The molecule has 2 rings (SSSR count). The molecule has 0 spiro atoms. The van der Waals surface area contributed by atoms with E-state index in [4.69, 9.17) is 0 Å². The minimum atomic E-state index is -3.47. The summed E-state index contributed by atoms with van der Waals surface area (Å²) < 4.78 is 39.4. The summed E-state index contributed by atoms with van der Waals surface area (Å²) in [5, 5.41) is 2.89. The number of nitrogens with zero attached hydrogens (tertiary/aromatic N) is 1. The van der Waals surface area contributed by atoms with Crippen LogP contribution in [0.4, 0.5) is 4.39 Å². The monoisotopic (exact) mass is 406 g/mol. The van der Waals surface area contributed by atoms with Crippen LogP contribution in [-0.4, -0.2) is 31.7 Å². The smallest absolute Gasteiger partial charge is 0.243 e. The van der Waals surface area contributed by atoms with E-state index >= 15 is 0 Å². The molecule has 0 bridgehead atoms. The zero-order valence-corrected chi connectivity index (χ0v) is 17.3. The molecule has 0 aliphatic carbocycles.